The normalized spacial score (nSPS) is 30.5. The van der Waals surface area contributed by atoms with Crippen LogP contribution in [0.3, 0.4) is 0 Å². The summed E-state index contributed by atoms with van der Waals surface area (Å²) in [5.74, 6) is 1.26. The Morgan fingerprint density at radius 1 is 1.24 bits per heavy atom. The Bertz CT molecular complexity index is 618. The lowest BCUT2D eigenvalue weighted by molar-refractivity contribution is -0.0451. The molecule has 0 unspecified atom stereocenters. The summed E-state index contributed by atoms with van der Waals surface area (Å²) in [4.78, 5) is 17.5. The van der Waals surface area contributed by atoms with Gasteiger partial charge in [0.1, 0.15) is 11.3 Å². The second-order valence-corrected chi connectivity index (χ2v) is 8.10. The van der Waals surface area contributed by atoms with Crippen LogP contribution in [0.5, 0.6) is 0 Å². The average molecular weight is 347 g/mol. The number of hydrogen-bond acceptors (Lipinski definition) is 5. The number of rotatable bonds is 3. The van der Waals surface area contributed by atoms with E-state index in [2.05, 4.69) is 10.1 Å². The number of aryl methyl sites for hydroxylation is 2. The Morgan fingerprint density at radius 2 is 2.04 bits per heavy atom. The number of piperidine rings is 1. The maximum atomic E-state index is 13.0. The number of carbonyl (C=O) groups is 1. The van der Waals surface area contributed by atoms with Crippen molar-refractivity contribution >= 4 is 5.91 Å². The summed E-state index contributed by atoms with van der Waals surface area (Å²) in [6.45, 7) is 9.60. The molecule has 3 fully saturated rings. The molecule has 3 aliphatic heterocycles. The second-order valence-electron chi connectivity index (χ2n) is 8.10. The Labute approximate surface area is 149 Å². The van der Waals surface area contributed by atoms with Gasteiger partial charge >= 0.3 is 0 Å². The molecule has 0 aliphatic carbocycles. The minimum Gasteiger partial charge on any atom is -0.373 e. The van der Waals surface area contributed by atoms with Gasteiger partial charge in [-0.15, -0.1) is 0 Å². The predicted molar refractivity (Wildman–Crippen MR) is 93.6 cm³/mol. The highest BCUT2D eigenvalue weighted by atomic mass is 16.5. The first-order valence-electron chi connectivity index (χ1n) is 9.65. The van der Waals surface area contributed by atoms with Gasteiger partial charge in [-0.05, 0) is 65.0 Å². The molecule has 6 heteroatoms. The molecule has 138 valence electrons. The molecular weight excluding hydrogens is 318 g/mol. The highest BCUT2D eigenvalue weighted by molar-refractivity contribution is 5.96. The van der Waals surface area contributed by atoms with E-state index in [9.17, 15) is 4.79 Å². The molecule has 1 aromatic heterocycles. The van der Waals surface area contributed by atoms with E-state index < -0.39 is 0 Å². The number of ether oxygens (including phenoxy) is 1. The minimum absolute atomic E-state index is 0.0434. The molecule has 0 aromatic carbocycles. The maximum absolute atomic E-state index is 13.0. The number of carbonyl (C=O) groups excluding carboxylic acids is 1. The molecule has 0 N–H and O–H groups in total. The molecule has 0 saturated carbocycles. The number of aromatic nitrogens is 1. The first-order valence-corrected chi connectivity index (χ1v) is 9.65. The molecule has 6 nitrogen and oxygen atoms in total. The molecule has 3 saturated heterocycles. The molecule has 0 bridgehead atoms. The summed E-state index contributed by atoms with van der Waals surface area (Å²) in [5, 5.41) is 3.93. The fourth-order valence-electron chi connectivity index (χ4n) is 4.89. The van der Waals surface area contributed by atoms with Gasteiger partial charge in [0, 0.05) is 19.6 Å². The van der Waals surface area contributed by atoms with Crippen LogP contribution >= 0.6 is 0 Å². The first kappa shape index (κ1) is 17.0. The Kier molecular flexibility index (Phi) is 4.58. The van der Waals surface area contributed by atoms with Crippen LogP contribution in [0.15, 0.2) is 4.52 Å². The molecule has 3 aliphatic rings. The Balaban J connectivity index is 1.41. The molecule has 1 spiro atoms. The van der Waals surface area contributed by atoms with E-state index in [0.29, 0.717) is 29.5 Å². The van der Waals surface area contributed by atoms with Gasteiger partial charge in [0.2, 0.25) is 0 Å². The zero-order valence-electron chi connectivity index (χ0n) is 15.4. The third-order valence-corrected chi connectivity index (χ3v) is 6.07. The standard InChI is InChI=1S/C19H29N3O3/c1-14-17(15(2)25-20-14)18(23)22-9-5-6-19(13-22)10-16(12-24-19)11-21-7-3-4-8-21/h16H,3-13H2,1-2H3/t16-,19-/m0/s1. The lowest BCUT2D eigenvalue weighted by Crippen LogP contribution is -2.50. The largest absolute Gasteiger partial charge is 0.373 e. The lowest BCUT2D eigenvalue weighted by Gasteiger charge is -2.40. The Morgan fingerprint density at radius 3 is 2.76 bits per heavy atom. The van der Waals surface area contributed by atoms with Gasteiger partial charge in [-0.3, -0.25) is 4.79 Å². The van der Waals surface area contributed by atoms with Crippen molar-refractivity contribution in [3.8, 4) is 0 Å². The first-order chi connectivity index (χ1) is 12.1. The molecule has 4 heterocycles. The summed E-state index contributed by atoms with van der Waals surface area (Å²) in [5.41, 5.74) is 1.17. The molecule has 1 amide bonds. The van der Waals surface area contributed by atoms with Crippen molar-refractivity contribution in [2.24, 2.45) is 5.92 Å². The summed E-state index contributed by atoms with van der Waals surface area (Å²) in [6, 6.07) is 0. The van der Waals surface area contributed by atoms with Crippen molar-refractivity contribution in [1.82, 2.24) is 15.0 Å². The van der Waals surface area contributed by atoms with E-state index in [1.165, 1.54) is 25.9 Å². The zero-order chi connectivity index (χ0) is 17.4. The van der Waals surface area contributed by atoms with Gasteiger partial charge in [0.15, 0.2) is 0 Å². The molecule has 1 aromatic rings. The van der Waals surface area contributed by atoms with Gasteiger partial charge in [0.05, 0.1) is 17.9 Å². The molecule has 4 rings (SSSR count). The highest BCUT2D eigenvalue weighted by Crippen LogP contribution is 2.38. The number of hydrogen-bond donors (Lipinski definition) is 0. The van der Waals surface area contributed by atoms with Crippen LogP contribution in [0.25, 0.3) is 0 Å². The Hall–Kier alpha value is -1.40. The highest BCUT2D eigenvalue weighted by Gasteiger charge is 2.45. The van der Waals surface area contributed by atoms with Gasteiger partial charge < -0.3 is 19.1 Å². The predicted octanol–water partition coefficient (Wildman–Crippen LogP) is 2.40. The third-order valence-electron chi connectivity index (χ3n) is 6.07. The van der Waals surface area contributed by atoms with Gasteiger partial charge in [0.25, 0.3) is 5.91 Å². The van der Waals surface area contributed by atoms with Crippen LogP contribution in [-0.2, 0) is 4.74 Å². The fraction of sp³-hybridized carbons (Fsp3) is 0.789. The minimum atomic E-state index is -0.142. The van der Waals surface area contributed by atoms with E-state index in [4.69, 9.17) is 9.26 Å². The van der Waals surface area contributed by atoms with Crippen molar-refractivity contribution < 1.29 is 14.1 Å². The van der Waals surface area contributed by atoms with Crippen LogP contribution in [-0.4, -0.2) is 65.8 Å². The van der Waals surface area contributed by atoms with Crippen LogP contribution in [0.4, 0.5) is 0 Å². The summed E-state index contributed by atoms with van der Waals surface area (Å²) < 4.78 is 11.5. The maximum Gasteiger partial charge on any atom is 0.259 e. The van der Waals surface area contributed by atoms with Gasteiger partial charge in [-0.1, -0.05) is 5.16 Å². The molecular formula is C19H29N3O3. The molecule has 2 atom stereocenters. The topological polar surface area (TPSA) is 58.8 Å². The quantitative estimate of drug-likeness (QED) is 0.840. The smallest absolute Gasteiger partial charge is 0.259 e. The fourth-order valence-corrected chi connectivity index (χ4v) is 4.89. The van der Waals surface area contributed by atoms with E-state index in [1.54, 1.807) is 0 Å². The monoisotopic (exact) mass is 347 g/mol. The second kappa shape index (κ2) is 6.72. The molecule has 0 radical (unpaired) electrons. The SMILES string of the molecule is Cc1noc(C)c1C(=O)N1CCC[C@]2(C[C@@H](CN3CCCC3)CO2)C1. The zero-order valence-corrected chi connectivity index (χ0v) is 15.4. The van der Waals surface area contributed by atoms with Crippen molar-refractivity contribution in [2.75, 3.05) is 39.3 Å². The van der Waals surface area contributed by atoms with E-state index in [0.717, 1.165) is 39.0 Å². The van der Waals surface area contributed by atoms with Gasteiger partial charge in [-0.25, -0.2) is 0 Å². The molecule has 25 heavy (non-hydrogen) atoms. The number of nitrogens with zero attached hydrogens (tertiary/aromatic N) is 3. The lowest BCUT2D eigenvalue weighted by atomic mass is 9.86. The summed E-state index contributed by atoms with van der Waals surface area (Å²) >= 11 is 0. The summed E-state index contributed by atoms with van der Waals surface area (Å²) in [7, 11) is 0. The van der Waals surface area contributed by atoms with Crippen LogP contribution in [0, 0.1) is 19.8 Å². The summed E-state index contributed by atoms with van der Waals surface area (Å²) in [6.07, 6.45) is 5.81. The van der Waals surface area contributed by atoms with Crippen molar-refractivity contribution in [3.05, 3.63) is 17.0 Å². The third kappa shape index (κ3) is 3.34. The van der Waals surface area contributed by atoms with E-state index in [-0.39, 0.29) is 11.5 Å². The number of likely N-dealkylation sites (tertiary alicyclic amines) is 2. The van der Waals surface area contributed by atoms with Gasteiger partial charge in [-0.2, -0.15) is 0 Å². The number of amides is 1. The van der Waals surface area contributed by atoms with Crippen LogP contribution < -0.4 is 0 Å². The van der Waals surface area contributed by atoms with Crippen LogP contribution in [0.2, 0.25) is 0 Å². The van der Waals surface area contributed by atoms with E-state index in [1.807, 2.05) is 18.7 Å². The van der Waals surface area contributed by atoms with Crippen LogP contribution in [0.1, 0.15) is 53.9 Å². The van der Waals surface area contributed by atoms with Crippen molar-refractivity contribution in [3.63, 3.8) is 0 Å². The van der Waals surface area contributed by atoms with Crippen molar-refractivity contribution in [2.45, 2.75) is 51.6 Å². The van der Waals surface area contributed by atoms with Crippen molar-refractivity contribution in [1.29, 1.82) is 0 Å². The average Bonchev–Trinajstić information content (AvgIpc) is 3.31. The van der Waals surface area contributed by atoms with E-state index >= 15 is 0 Å².